The number of rotatable bonds is 10. The van der Waals surface area contributed by atoms with Gasteiger partial charge >= 0.3 is 0 Å². The monoisotopic (exact) mass is 285 g/mol. The highest BCUT2D eigenvalue weighted by molar-refractivity contribution is 6.82. The van der Waals surface area contributed by atoms with Crippen LogP contribution in [0.4, 0.5) is 0 Å². The van der Waals surface area contributed by atoms with E-state index >= 15 is 0 Å². The first-order chi connectivity index (χ1) is 8.41. The third-order valence-electron chi connectivity index (χ3n) is 4.72. The van der Waals surface area contributed by atoms with Crippen LogP contribution in [0, 0.1) is 0 Å². The normalized spacial score (nSPS) is 13.1. The van der Waals surface area contributed by atoms with Crippen molar-refractivity contribution in [3.63, 3.8) is 0 Å². The molecule has 18 heavy (non-hydrogen) atoms. The van der Waals surface area contributed by atoms with Gasteiger partial charge in [-0.25, -0.2) is 0 Å². The van der Waals surface area contributed by atoms with Crippen molar-refractivity contribution in [3.8, 4) is 0 Å². The summed E-state index contributed by atoms with van der Waals surface area (Å²) >= 11 is 0. The van der Waals surface area contributed by atoms with Crippen LogP contribution in [-0.2, 0) is 0 Å². The van der Waals surface area contributed by atoms with Crippen LogP contribution >= 0.6 is 0 Å². The van der Waals surface area contributed by atoms with Crippen molar-refractivity contribution in [2.75, 3.05) is 13.1 Å². The average molecular weight is 286 g/mol. The van der Waals surface area contributed by atoms with Gasteiger partial charge < -0.3 is 4.57 Å². The zero-order valence-electron chi connectivity index (χ0n) is 13.7. The zero-order valence-corrected chi connectivity index (χ0v) is 15.7. The van der Waals surface area contributed by atoms with E-state index in [9.17, 15) is 0 Å². The average Bonchev–Trinajstić information content (AvgIpc) is 2.38. The summed E-state index contributed by atoms with van der Waals surface area (Å²) in [5.74, 6) is 0. The molecule has 0 saturated heterocycles. The molecule has 0 spiro atoms. The Hall–Kier alpha value is 0.134. The van der Waals surface area contributed by atoms with Crippen molar-refractivity contribution in [3.05, 3.63) is 12.3 Å². The molecule has 0 aromatic heterocycles. The van der Waals surface area contributed by atoms with Crippen LogP contribution in [0.5, 0.6) is 0 Å². The van der Waals surface area contributed by atoms with Crippen molar-refractivity contribution in [2.24, 2.45) is 0 Å². The SMILES string of the molecule is C=C[Si](C)(C)CCN(CCC)[Si](CC)(CC)CC. The van der Waals surface area contributed by atoms with Crippen LogP contribution in [0.25, 0.3) is 0 Å². The summed E-state index contributed by atoms with van der Waals surface area (Å²) in [6.45, 7) is 21.1. The molecular formula is C15H35NSi2. The minimum Gasteiger partial charge on any atom is -0.324 e. The fraction of sp³-hybridized carbons (Fsp3) is 0.867. The van der Waals surface area contributed by atoms with E-state index in [1.54, 1.807) is 0 Å². The minimum atomic E-state index is -1.16. The molecule has 0 rings (SSSR count). The zero-order chi connectivity index (χ0) is 14.2. The van der Waals surface area contributed by atoms with E-state index in [2.05, 4.69) is 57.6 Å². The van der Waals surface area contributed by atoms with Crippen molar-refractivity contribution >= 4 is 16.3 Å². The van der Waals surface area contributed by atoms with Gasteiger partial charge in [-0.1, -0.05) is 40.8 Å². The molecule has 108 valence electrons. The van der Waals surface area contributed by atoms with Gasteiger partial charge in [0.2, 0.25) is 0 Å². The Kier molecular flexibility index (Phi) is 8.40. The smallest absolute Gasteiger partial charge is 0.127 e. The molecule has 0 fully saturated rings. The highest BCUT2D eigenvalue weighted by Crippen LogP contribution is 2.26. The van der Waals surface area contributed by atoms with Crippen LogP contribution in [0.3, 0.4) is 0 Å². The fourth-order valence-electron chi connectivity index (χ4n) is 2.80. The van der Waals surface area contributed by atoms with Crippen LogP contribution < -0.4 is 0 Å². The van der Waals surface area contributed by atoms with E-state index in [1.165, 1.54) is 43.7 Å². The van der Waals surface area contributed by atoms with E-state index in [-0.39, 0.29) is 0 Å². The predicted molar refractivity (Wildman–Crippen MR) is 91.5 cm³/mol. The van der Waals surface area contributed by atoms with Gasteiger partial charge in [0.05, 0.1) is 8.07 Å². The first kappa shape index (κ1) is 18.1. The first-order valence-electron chi connectivity index (χ1n) is 7.80. The standard InChI is InChI=1S/C15H35NSi2/c1-8-13-16(14-15-17(6,7)9-2)18(10-3,11-4)12-5/h9H,2,8,10-15H2,1,3-7H3. The summed E-state index contributed by atoms with van der Waals surface area (Å²) in [4.78, 5) is 0. The van der Waals surface area contributed by atoms with E-state index < -0.39 is 16.3 Å². The maximum atomic E-state index is 4.03. The van der Waals surface area contributed by atoms with E-state index in [4.69, 9.17) is 0 Å². The molecule has 0 heterocycles. The molecule has 0 aliphatic heterocycles. The Morgan fingerprint density at radius 2 is 1.44 bits per heavy atom. The Morgan fingerprint density at radius 3 is 1.78 bits per heavy atom. The largest absolute Gasteiger partial charge is 0.324 e. The summed E-state index contributed by atoms with van der Waals surface area (Å²) in [7, 11) is -2.30. The maximum absolute atomic E-state index is 4.03. The van der Waals surface area contributed by atoms with Crippen LogP contribution in [0.2, 0.25) is 37.3 Å². The Morgan fingerprint density at radius 1 is 0.944 bits per heavy atom. The molecule has 0 N–H and O–H groups in total. The van der Waals surface area contributed by atoms with Crippen molar-refractivity contribution in [2.45, 2.75) is 71.4 Å². The second-order valence-electron chi connectivity index (χ2n) is 6.21. The molecule has 0 atom stereocenters. The van der Waals surface area contributed by atoms with Crippen LogP contribution in [0.15, 0.2) is 12.3 Å². The third-order valence-corrected chi connectivity index (χ3v) is 13.1. The van der Waals surface area contributed by atoms with Gasteiger partial charge in [-0.3, -0.25) is 0 Å². The molecule has 0 amide bonds. The van der Waals surface area contributed by atoms with Gasteiger partial charge in [0.25, 0.3) is 0 Å². The molecule has 0 saturated carbocycles. The van der Waals surface area contributed by atoms with Gasteiger partial charge in [0.15, 0.2) is 0 Å². The van der Waals surface area contributed by atoms with Gasteiger partial charge in [0, 0.05) is 0 Å². The molecule has 1 nitrogen and oxygen atoms in total. The Bertz CT molecular complexity index is 226. The van der Waals surface area contributed by atoms with Crippen molar-refractivity contribution in [1.82, 2.24) is 4.57 Å². The molecule has 0 aliphatic carbocycles. The van der Waals surface area contributed by atoms with Gasteiger partial charge in [-0.2, -0.15) is 0 Å². The third kappa shape index (κ3) is 5.02. The lowest BCUT2D eigenvalue weighted by atomic mass is 10.5. The molecular weight excluding hydrogens is 250 g/mol. The van der Waals surface area contributed by atoms with E-state index in [0.29, 0.717) is 0 Å². The second kappa shape index (κ2) is 8.33. The summed E-state index contributed by atoms with van der Waals surface area (Å²) in [5, 5.41) is 0. The topological polar surface area (TPSA) is 3.24 Å². The minimum absolute atomic E-state index is 1.14. The van der Waals surface area contributed by atoms with E-state index in [0.717, 1.165) is 0 Å². The highest BCUT2D eigenvalue weighted by atomic mass is 28.3. The molecule has 0 aliphatic rings. The molecule has 0 unspecified atom stereocenters. The fourth-order valence-corrected chi connectivity index (χ4v) is 8.20. The lowest BCUT2D eigenvalue weighted by Gasteiger charge is -2.42. The number of hydrogen-bond acceptors (Lipinski definition) is 1. The van der Waals surface area contributed by atoms with Crippen LogP contribution in [0.1, 0.15) is 34.1 Å². The molecule has 0 aromatic carbocycles. The van der Waals surface area contributed by atoms with Gasteiger partial charge in [0.1, 0.15) is 8.24 Å². The quantitative estimate of drug-likeness (QED) is 0.503. The van der Waals surface area contributed by atoms with Gasteiger partial charge in [-0.05, 0) is 43.7 Å². The molecule has 3 heteroatoms. The summed E-state index contributed by atoms with van der Waals surface area (Å²) in [6, 6.07) is 5.62. The van der Waals surface area contributed by atoms with Crippen molar-refractivity contribution < 1.29 is 0 Å². The summed E-state index contributed by atoms with van der Waals surface area (Å²) in [6.07, 6.45) is 1.30. The lowest BCUT2D eigenvalue weighted by molar-refractivity contribution is 0.429. The maximum Gasteiger partial charge on any atom is 0.127 e. The lowest BCUT2D eigenvalue weighted by Crippen LogP contribution is -2.53. The number of hydrogen-bond donors (Lipinski definition) is 0. The highest BCUT2D eigenvalue weighted by Gasteiger charge is 2.34. The summed E-state index contributed by atoms with van der Waals surface area (Å²) < 4.78 is 2.91. The molecule has 0 bridgehead atoms. The van der Waals surface area contributed by atoms with Crippen LogP contribution in [-0.4, -0.2) is 34.0 Å². The Balaban J connectivity index is 4.78. The van der Waals surface area contributed by atoms with Crippen molar-refractivity contribution in [1.29, 1.82) is 0 Å². The molecule has 0 aromatic rings. The van der Waals surface area contributed by atoms with E-state index in [1.807, 2.05) is 0 Å². The Labute approximate surface area is 118 Å². The predicted octanol–water partition coefficient (Wildman–Crippen LogP) is 5.14. The summed E-state index contributed by atoms with van der Waals surface area (Å²) in [5.41, 5.74) is 2.25. The van der Waals surface area contributed by atoms with Gasteiger partial charge in [-0.15, -0.1) is 12.3 Å². The first-order valence-corrected chi connectivity index (χ1v) is 13.6. The number of nitrogens with zero attached hydrogens (tertiary/aromatic N) is 1. The molecule has 0 radical (unpaired) electrons. The second-order valence-corrected chi connectivity index (χ2v) is 16.3.